The fraction of sp³-hybridized carbons (Fsp3) is 0. The summed E-state index contributed by atoms with van der Waals surface area (Å²) in [6.07, 6.45) is 1.80. The summed E-state index contributed by atoms with van der Waals surface area (Å²) < 4.78 is 0. The maximum Gasteiger partial charge on any atom is 2.00 e. The molecule has 3 aromatic carbocycles. The van der Waals surface area contributed by atoms with Gasteiger partial charge in [-0.15, -0.1) is 35.9 Å². The fourth-order valence-electron chi connectivity index (χ4n) is 2.93. The Kier molecular flexibility index (Phi) is 7.44. The Bertz CT molecular complexity index is 1120. The summed E-state index contributed by atoms with van der Waals surface area (Å²) in [6.45, 7) is 0. The fourth-order valence-corrected chi connectivity index (χ4v) is 2.93. The number of aromatic nitrogens is 2. The Morgan fingerprint density at radius 2 is 1.41 bits per heavy atom. The molecule has 2 aromatic heterocycles. The molecule has 0 amide bonds. The molecule has 0 atom stereocenters. The molecule has 2 nitrogen and oxygen atoms in total. The van der Waals surface area contributed by atoms with Crippen molar-refractivity contribution >= 4 is 10.8 Å². The van der Waals surface area contributed by atoms with Gasteiger partial charge in [0.15, 0.2) is 0 Å². The van der Waals surface area contributed by atoms with E-state index in [2.05, 4.69) is 35.3 Å². The van der Waals surface area contributed by atoms with E-state index in [1.54, 1.807) is 6.20 Å². The zero-order chi connectivity index (χ0) is 19.0. The predicted molar refractivity (Wildman–Crippen MR) is 115 cm³/mol. The van der Waals surface area contributed by atoms with Crippen molar-refractivity contribution in [3.05, 3.63) is 121 Å². The van der Waals surface area contributed by atoms with E-state index in [0.717, 1.165) is 33.4 Å². The van der Waals surface area contributed by atoms with E-state index in [-0.39, 0.29) is 21.1 Å². The molecule has 3 heteroatoms. The number of hydrogen-bond acceptors (Lipinski definition) is 2. The Morgan fingerprint density at radius 3 is 2.07 bits per heavy atom. The zero-order valence-corrected chi connectivity index (χ0v) is 17.9. The van der Waals surface area contributed by atoms with Crippen molar-refractivity contribution < 1.29 is 21.1 Å². The molecule has 0 N–H and O–H groups in total. The van der Waals surface area contributed by atoms with Crippen LogP contribution in [0.2, 0.25) is 0 Å². The SMILES string of the molecule is [Pt+2].[c-]1ccccc1.[c-]1ccccc1-c1cc2ccccc2c(-c2ccccn2)n1. The number of hydrogen-bond donors (Lipinski definition) is 0. The minimum absolute atomic E-state index is 0. The van der Waals surface area contributed by atoms with Crippen LogP contribution in [0.25, 0.3) is 33.4 Å². The minimum Gasteiger partial charge on any atom is -0.294 e. The molecule has 2 heterocycles. The van der Waals surface area contributed by atoms with Crippen molar-refractivity contribution in [1.82, 2.24) is 9.97 Å². The molecule has 0 aliphatic heterocycles. The van der Waals surface area contributed by atoms with Crippen molar-refractivity contribution in [3.63, 3.8) is 0 Å². The first-order chi connectivity index (χ1) is 13.9. The van der Waals surface area contributed by atoms with E-state index in [4.69, 9.17) is 4.98 Å². The van der Waals surface area contributed by atoms with Crippen molar-refractivity contribution in [2.75, 3.05) is 0 Å². The van der Waals surface area contributed by atoms with Crippen LogP contribution in [0.1, 0.15) is 0 Å². The summed E-state index contributed by atoms with van der Waals surface area (Å²) in [5.41, 5.74) is 3.70. The molecule has 5 rings (SSSR count). The number of pyridine rings is 2. The van der Waals surface area contributed by atoms with Crippen LogP contribution in [-0.2, 0) is 21.1 Å². The number of fused-ring (bicyclic) bond motifs is 1. The smallest absolute Gasteiger partial charge is 0.294 e. The molecule has 0 fully saturated rings. The summed E-state index contributed by atoms with van der Waals surface area (Å²) in [4.78, 5) is 9.31. The third-order valence-corrected chi connectivity index (χ3v) is 4.24. The van der Waals surface area contributed by atoms with Crippen LogP contribution in [0, 0.1) is 12.1 Å². The Hall–Kier alpha value is -3.09. The minimum atomic E-state index is 0. The molecular weight excluding hydrogens is 535 g/mol. The second kappa shape index (κ2) is 10.5. The van der Waals surface area contributed by atoms with Gasteiger partial charge in [-0.1, -0.05) is 36.4 Å². The third kappa shape index (κ3) is 5.25. The normalized spacial score (nSPS) is 9.79. The molecule has 5 aromatic rings. The number of benzene rings is 3. The van der Waals surface area contributed by atoms with Crippen LogP contribution in [0.15, 0.2) is 109 Å². The van der Waals surface area contributed by atoms with Gasteiger partial charge in [-0.25, -0.2) is 0 Å². The quantitative estimate of drug-likeness (QED) is 0.242. The van der Waals surface area contributed by atoms with E-state index in [1.807, 2.05) is 84.9 Å². The van der Waals surface area contributed by atoms with E-state index in [0.29, 0.717) is 0 Å². The molecule has 29 heavy (non-hydrogen) atoms. The number of nitrogens with zero attached hydrogens (tertiary/aromatic N) is 2. The van der Waals surface area contributed by atoms with Gasteiger partial charge in [-0.2, -0.15) is 36.4 Å². The van der Waals surface area contributed by atoms with Crippen LogP contribution >= 0.6 is 0 Å². The summed E-state index contributed by atoms with van der Waals surface area (Å²) >= 11 is 0. The summed E-state index contributed by atoms with van der Waals surface area (Å²) in [5.74, 6) is 0. The topological polar surface area (TPSA) is 25.8 Å². The first-order valence-corrected chi connectivity index (χ1v) is 9.11. The summed E-state index contributed by atoms with van der Waals surface area (Å²) in [7, 11) is 0. The standard InChI is InChI=1S/C20H13N2.C6H5.Pt/c1-2-8-15(9-3-1)19-14-16-10-4-5-11-17(16)20(22-19)18-12-6-7-13-21-18;1-2-4-6-5-3-1;/h1-8,10-14H;1-5H;/q2*-1;+2. The van der Waals surface area contributed by atoms with Gasteiger partial charge in [0.2, 0.25) is 0 Å². The van der Waals surface area contributed by atoms with Crippen molar-refractivity contribution in [3.8, 4) is 22.6 Å². The monoisotopic (exact) mass is 553 g/mol. The maximum atomic E-state index is 4.85. The molecule has 0 radical (unpaired) electrons. The average Bonchev–Trinajstić information content (AvgIpc) is 2.81. The zero-order valence-electron chi connectivity index (χ0n) is 15.6. The van der Waals surface area contributed by atoms with Crippen molar-refractivity contribution in [2.24, 2.45) is 0 Å². The molecule has 0 spiro atoms. The van der Waals surface area contributed by atoms with Gasteiger partial charge >= 0.3 is 21.1 Å². The van der Waals surface area contributed by atoms with Crippen LogP contribution in [0.3, 0.4) is 0 Å². The Balaban J connectivity index is 0.000000297. The Labute approximate surface area is 185 Å². The average molecular weight is 554 g/mol. The van der Waals surface area contributed by atoms with Gasteiger partial charge in [-0.3, -0.25) is 9.97 Å². The molecule has 0 saturated carbocycles. The van der Waals surface area contributed by atoms with Crippen LogP contribution in [0.4, 0.5) is 0 Å². The van der Waals surface area contributed by atoms with Crippen molar-refractivity contribution in [1.29, 1.82) is 0 Å². The predicted octanol–water partition coefficient (Wildman–Crippen LogP) is 6.25. The van der Waals surface area contributed by atoms with E-state index in [1.165, 1.54) is 0 Å². The summed E-state index contributed by atoms with van der Waals surface area (Å²) in [5, 5.41) is 2.27. The van der Waals surface area contributed by atoms with Crippen LogP contribution in [-0.4, -0.2) is 9.97 Å². The van der Waals surface area contributed by atoms with Gasteiger partial charge in [0.25, 0.3) is 0 Å². The molecular formula is C26H18N2Pt. The van der Waals surface area contributed by atoms with Gasteiger partial charge in [0, 0.05) is 11.6 Å². The van der Waals surface area contributed by atoms with Gasteiger partial charge < -0.3 is 0 Å². The molecule has 0 aliphatic carbocycles. The molecule has 0 aliphatic rings. The van der Waals surface area contributed by atoms with Gasteiger partial charge in [0.1, 0.15) is 0 Å². The second-order valence-electron chi connectivity index (χ2n) is 6.15. The van der Waals surface area contributed by atoms with Gasteiger partial charge in [0.05, 0.1) is 11.4 Å². The first-order valence-electron chi connectivity index (χ1n) is 9.11. The third-order valence-electron chi connectivity index (χ3n) is 4.24. The Morgan fingerprint density at radius 1 is 0.655 bits per heavy atom. The summed E-state index contributed by atoms with van der Waals surface area (Å²) in [6, 6.07) is 39.9. The molecule has 0 unspecified atom stereocenters. The van der Waals surface area contributed by atoms with Crippen LogP contribution < -0.4 is 0 Å². The first kappa shape index (κ1) is 20.6. The molecule has 142 valence electrons. The van der Waals surface area contributed by atoms with Crippen molar-refractivity contribution in [2.45, 2.75) is 0 Å². The molecule has 0 saturated heterocycles. The van der Waals surface area contributed by atoms with E-state index >= 15 is 0 Å². The molecule has 0 bridgehead atoms. The largest absolute Gasteiger partial charge is 2.00 e. The van der Waals surface area contributed by atoms with Gasteiger partial charge in [-0.05, 0) is 23.2 Å². The van der Waals surface area contributed by atoms with E-state index in [9.17, 15) is 0 Å². The number of rotatable bonds is 2. The maximum absolute atomic E-state index is 4.85. The van der Waals surface area contributed by atoms with E-state index < -0.39 is 0 Å². The second-order valence-corrected chi connectivity index (χ2v) is 6.15. The van der Waals surface area contributed by atoms with Crippen LogP contribution in [0.5, 0.6) is 0 Å².